The van der Waals surface area contributed by atoms with E-state index in [1.807, 2.05) is 25.2 Å². The minimum absolute atomic E-state index is 0. The van der Waals surface area contributed by atoms with Crippen LogP contribution in [0.4, 0.5) is 0 Å². The van der Waals surface area contributed by atoms with E-state index in [4.69, 9.17) is 9.73 Å². The van der Waals surface area contributed by atoms with Gasteiger partial charge in [0, 0.05) is 26.7 Å². The summed E-state index contributed by atoms with van der Waals surface area (Å²) >= 11 is 0. The molecule has 1 aromatic rings. The lowest BCUT2D eigenvalue weighted by molar-refractivity contribution is 0.0482. The summed E-state index contributed by atoms with van der Waals surface area (Å²) in [5, 5.41) is 14.4. The highest BCUT2D eigenvalue weighted by molar-refractivity contribution is 14.0. The van der Waals surface area contributed by atoms with Gasteiger partial charge in [0.15, 0.2) is 5.96 Å². The quantitative estimate of drug-likeness (QED) is 0.264. The molecule has 0 spiro atoms. The Morgan fingerprint density at radius 3 is 2.88 bits per heavy atom. The van der Waals surface area contributed by atoms with E-state index in [1.54, 1.807) is 0 Å². The molecule has 0 aliphatic heterocycles. The largest absolute Gasteiger partial charge is 0.383 e. The summed E-state index contributed by atoms with van der Waals surface area (Å²) in [5.41, 5.74) is 1.43. The number of nitrogens with zero attached hydrogens (tertiary/aromatic N) is 2. The zero-order chi connectivity index (χ0) is 17.7. The fraction of sp³-hybridized carbons (Fsp3) is 0.650. The number of fused-ring (bicyclic) bond motifs is 1. The zero-order valence-corrected chi connectivity index (χ0v) is 18.2. The van der Waals surface area contributed by atoms with Crippen LogP contribution in [0.1, 0.15) is 37.3 Å². The van der Waals surface area contributed by atoms with Crippen LogP contribution in [-0.4, -0.2) is 55.9 Å². The SMILES string of the molecule is CCNC(=NCC1(O)CCc2ccccc21)N(C)CCOCC1CC1.I. The Morgan fingerprint density at radius 1 is 1.38 bits per heavy atom. The number of aryl methyl sites for hydroxylation is 1. The van der Waals surface area contributed by atoms with E-state index in [0.29, 0.717) is 13.2 Å². The first-order chi connectivity index (χ1) is 12.1. The lowest BCUT2D eigenvalue weighted by atomic mass is 9.96. The number of nitrogens with one attached hydrogen (secondary N) is 1. The van der Waals surface area contributed by atoms with Gasteiger partial charge in [-0.25, -0.2) is 4.99 Å². The molecule has 2 aliphatic rings. The van der Waals surface area contributed by atoms with Crippen LogP contribution in [0.5, 0.6) is 0 Å². The topological polar surface area (TPSA) is 57.1 Å². The van der Waals surface area contributed by atoms with Gasteiger partial charge in [-0.15, -0.1) is 24.0 Å². The summed E-state index contributed by atoms with van der Waals surface area (Å²) in [6.45, 7) is 5.66. The van der Waals surface area contributed by atoms with Crippen molar-refractivity contribution in [1.29, 1.82) is 0 Å². The van der Waals surface area contributed by atoms with Gasteiger partial charge in [0.05, 0.1) is 13.2 Å². The molecule has 2 aliphatic carbocycles. The summed E-state index contributed by atoms with van der Waals surface area (Å²) in [6, 6.07) is 8.16. The predicted molar refractivity (Wildman–Crippen MR) is 116 cm³/mol. The Balaban J connectivity index is 0.00000243. The molecule has 1 aromatic carbocycles. The van der Waals surface area contributed by atoms with Crippen molar-refractivity contribution in [2.75, 3.05) is 39.9 Å². The summed E-state index contributed by atoms with van der Waals surface area (Å²) in [6.07, 6.45) is 4.30. The molecule has 5 nitrogen and oxygen atoms in total. The highest BCUT2D eigenvalue weighted by atomic mass is 127. The van der Waals surface area contributed by atoms with Crippen LogP contribution in [0.2, 0.25) is 0 Å². The predicted octanol–water partition coefficient (Wildman–Crippen LogP) is 2.76. The van der Waals surface area contributed by atoms with E-state index >= 15 is 0 Å². The van der Waals surface area contributed by atoms with Crippen molar-refractivity contribution in [3.05, 3.63) is 35.4 Å². The van der Waals surface area contributed by atoms with Crippen molar-refractivity contribution in [3.63, 3.8) is 0 Å². The van der Waals surface area contributed by atoms with E-state index in [0.717, 1.165) is 50.0 Å². The first kappa shape index (κ1) is 21.4. The highest BCUT2D eigenvalue weighted by Gasteiger charge is 2.36. The van der Waals surface area contributed by atoms with Gasteiger partial charge in [0.25, 0.3) is 0 Å². The van der Waals surface area contributed by atoms with E-state index in [9.17, 15) is 5.11 Å². The third-order valence-electron chi connectivity index (χ3n) is 5.14. The van der Waals surface area contributed by atoms with Crippen LogP contribution >= 0.6 is 24.0 Å². The Labute approximate surface area is 174 Å². The average molecular weight is 473 g/mol. The number of aliphatic imine (C=N–C) groups is 1. The monoisotopic (exact) mass is 473 g/mol. The Hall–Kier alpha value is -0.860. The fourth-order valence-electron chi connectivity index (χ4n) is 3.35. The molecule has 0 aromatic heterocycles. The molecule has 26 heavy (non-hydrogen) atoms. The van der Waals surface area contributed by atoms with Crippen molar-refractivity contribution >= 4 is 29.9 Å². The van der Waals surface area contributed by atoms with Gasteiger partial charge in [0.2, 0.25) is 0 Å². The summed E-state index contributed by atoms with van der Waals surface area (Å²) in [4.78, 5) is 6.80. The molecule has 6 heteroatoms. The number of benzene rings is 1. The minimum Gasteiger partial charge on any atom is -0.383 e. The Morgan fingerprint density at radius 2 is 2.15 bits per heavy atom. The van der Waals surface area contributed by atoms with Crippen molar-refractivity contribution in [3.8, 4) is 0 Å². The number of hydrogen-bond donors (Lipinski definition) is 2. The number of aliphatic hydroxyl groups is 1. The second kappa shape index (κ2) is 9.90. The molecular formula is C20H32IN3O2. The van der Waals surface area contributed by atoms with Gasteiger partial charge in [-0.05, 0) is 49.7 Å². The van der Waals surface area contributed by atoms with Gasteiger partial charge in [-0.1, -0.05) is 24.3 Å². The molecule has 3 rings (SSSR count). The van der Waals surface area contributed by atoms with Crippen molar-refractivity contribution in [2.45, 2.75) is 38.2 Å². The molecule has 0 bridgehead atoms. The van der Waals surface area contributed by atoms with Crippen molar-refractivity contribution < 1.29 is 9.84 Å². The number of hydrogen-bond acceptors (Lipinski definition) is 3. The fourth-order valence-corrected chi connectivity index (χ4v) is 3.35. The van der Waals surface area contributed by atoms with Crippen molar-refractivity contribution in [2.24, 2.45) is 10.9 Å². The van der Waals surface area contributed by atoms with Gasteiger partial charge < -0.3 is 20.1 Å². The molecule has 1 fully saturated rings. The lowest BCUT2D eigenvalue weighted by Gasteiger charge is -2.26. The van der Waals surface area contributed by atoms with Gasteiger partial charge >= 0.3 is 0 Å². The maximum absolute atomic E-state index is 11.0. The number of ether oxygens (including phenoxy) is 1. The van der Waals surface area contributed by atoms with E-state index in [2.05, 4.69) is 23.2 Å². The van der Waals surface area contributed by atoms with E-state index in [-0.39, 0.29) is 24.0 Å². The number of likely N-dealkylation sites (N-methyl/N-ethyl adjacent to an activating group) is 1. The zero-order valence-electron chi connectivity index (χ0n) is 15.9. The third kappa shape index (κ3) is 5.57. The number of rotatable bonds is 8. The summed E-state index contributed by atoms with van der Waals surface area (Å²) < 4.78 is 5.73. The minimum atomic E-state index is -0.847. The molecule has 0 radical (unpaired) electrons. The van der Waals surface area contributed by atoms with Crippen LogP contribution in [0, 0.1) is 5.92 Å². The second-order valence-corrected chi connectivity index (χ2v) is 7.30. The van der Waals surface area contributed by atoms with Gasteiger partial charge in [-0.2, -0.15) is 0 Å². The van der Waals surface area contributed by atoms with Crippen LogP contribution in [0.3, 0.4) is 0 Å². The second-order valence-electron chi connectivity index (χ2n) is 7.30. The average Bonchev–Trinajstić information content (AvgIpc) is 3.39. The maximum atomic E-state index is 11.0. The van der Waals surface area contributed by atoms with Crippen LogP contribution in [0.25, 0.3) is 0 Å². The Bertz CT molecular complexity index is 606. The standard InChI is InChI=1S/C20H31N3O2.HI/c1-3-21-19(23(2)12-13-25-14-16-8-9-16)22-15-20(24)11-10-17-6-4-5-7-18(17)20;/h4-7,16,24H,3,8-15H2,1-2H3,(H,21,22);1H. The smallest absolute Gasteiger partial charge is 0.193 e. The maximum Gasteiger partial charge on any atom is 0.193 e. The first-order valence-electron chi connectivity index (χ1n) is 9.50. The molecule has 2 N–H and O–H groups in total. The van der Waals surface area contributed by atoms with E-state index in [1.165, 1.54) is 18.4 Å². The molecule has 0 amide bonds. The normalized spacial score (nSPS) is 21.9. The molecule has 146 valence electrons. The molecule has 1 atom stereocenters. The molecule has 0 saturated heterocycles. The van der Waals surface area contributed by atoms with Crippen LogP contribution in [-0.2, 0) is 16.8 Å². The van der Waals surface area contributed by atoms with Gasteiger partial charge in [-0.3, -0.25) is 0 Å². The first-order valence-corrected chi connectivity index (χ1v) is 9.50. The number of halogens is 1. The third-order valence-corrected chi connectivity index (χ3v) is 5.14. The summed E-state index contributed by atoms with van der Waals surface area (Å²) in [7, 11) is 2.02. The molecule has 0 heterocycles. The van der Waals surface area contributed by atoms with Crippen LogP contribution in [0.15, 0.2) is 29.3 Å². The lowest BCUT2D eigenvalue weighted by Crippen LogP contribution is -2.41. The summed E-state index contributed by atoms with van der Waals surface area (Å²) in [5.74, 6) is 1.62. The molecule has 1 unspecified atom stereocenters. The number of guanidine groups is 1. The van der Waals surface area contributed by atoms with Crippen LogP contribution < -0.4 is 5.32 Å². The molecule has 1 saturated carbocycles. The highest BCUT2D eigenvalue weighted by Crippen LogP contribution is 2.36. The van der Waals surface area contributed by atoms with E-state index < -0.39 is 5.60 Å². The van der Waals surface area contributed by atoms with Crippen molar-refractivity contribution in [1.82, 2.24) is 10.2 Å². The van der Waals surface area contributed by atoms with Gasteiger partial charge in [0.1, 0.15) is 5.60 Å². The molecular weight excluding hydrogens is 441 g/mol. The Kier molecular flexibility index (Phi) is 8.16.